The van der Waals surface area contributed by atoms with Crippen LogP contribution in [-0.4, -0.2) is 76.6 Å². The Hall–Kier alpha value is -2.73. The van der Waals surface area contributed by atoms with Gasteiger partial charge in [-0.2, -0.15) is 18.3 Å². The highest BCUT2D eigenvalue weighted by Gasteiger charge is 2.42. The van der Waals surface area contributed by atoms with Gasteiger partial charge in [-0.05, 0) is 30.5 Å². The van der Waals surface area contributed by atoms with E-state index in [1.165, 1.54) is 11.3 Å². The van der Waals surface area contributed by atoms with Gasteiger partial charge in [-0.15, -0.1) is 16.4 Å². The molecule has 4 rings (SSSR count). The Morgan fingerprint density at radius 2 is 1.97 bits per heavy atom. The van der Waals surface area contributed by atoms with Gasteiger partial charge in [-0.25, -0.2) is 4.79 Å². The molecule has 30 heavy (non-hydrogen) atoms. The number of ether oxygens (including phenoxy) is 1. The average molecular weight is 444 g/mol. The largest absolute Gasteiger partial charge is 0.490 e. The van der Waals surface area contributed by atoms with Crippen molar-refractivity contribution >= 4 is 29.0 Å². The number of likely N-dealkylation sites (tertiary alicyclic amines) is 1. The van der Waals surface area contributed by atoms with Gasteiger partial charge in [0.15, 0.2) is 5.82 Å². The third kappa shape index (κ3) is 5.05. The molecule has 2 aliphatic heterocycles. The highest BCUT2D eigenvalue weighted by molar-refractivity contribution is 7.12. The maximum absolute atomic E-state index is 12.6. The van der Waals surface area contributed by atoms with Crippen LogP contribution < -0.4 is 4.90 Å². The zero-order valence-corrected chi connectivity index (χ0v) is 16.7. The fourth-order valence-corrected chi connectivity index (χ4v) is 3.93. The number of alkyl halides is 3. The second kappa shape index (κ2) is 8.96. The van der Waals surface area contributed by atoms with Crippen molar-refractivity contribution < 1.29 is 32.6 Å². The van der Waals surface area contributed by atoms with E-state index in [2.05, 4.69) is 15.1 Å². The lowest BCUT2D eigenvalue weighted by Crippen LogP contribution is -2.51. The molecular formula is C18H19F3N4O4S. The Labute approximate surface area is 173 Å². The molecule has 2 saturated heterocycles. The third-order valence-corrected chi connectivity index (χ3v) is 5.50. The zero-order chi connectivity index (χ0) is 21.9. The van der Waals surface area contributed by atoms with Gasteiger partial charge in [0.25, 0.3) is 5.91 Å². The van der Waals surface area contributed by atoms with E-state index in [0.29, 0.717) is 19.7 Å². The van der Waals surface area contributed by atoms with Crippen molar-refractivity contribution in [3.63, 3.8) is 0 Å². The van der Waals surface area contributed by atoms with E-state index in [1.54, 1.807) is 0 Å². The number of carbonyl (C=O) groups is 2. The predicted octanol–water partition coefficient (Wildman–Crippen LogP) is 2.21. The first-order valence-corrected chi connectivity index (χ1v) is 9.86. The molecule has 2 aromatic rings. The normalized spacial score (nSPS) is 20.9. The lowest BCUT2D eigenvalue weighted by atomic mass is 10.1. The summed E-state index contributed by atoms with van der Waals surface area (Å²) in [6.07, 6.45) is -5.05. The van der Waals surface area contributed by atoms with Gasteiger partial charge in [0.1, 0.15) is 0 Å². The number of aromatic nitrogens is 2. The van der Waals surface area contributed by atoms with Gasteiger partial charge in [-0.1, -0.05) is 6.07 Å². The molecule has 0 unspecified atom stereocenters. The molecule has 0 aliphatic carbocycles. The number of anilines is 1. The quantitative estimate of drug-likeness (QED) is 0.759. The van der Waals surface area contributed by atoms with Crippen molar-refractivity contribution in [1.29, 1.82) is 0 Å². The minimum absolute atomic E-state index is 0.0377. The van der Waals surface area contributed by atoms with Gasteiger partial charge in [0, 0.05) is 19.6 Å². The van der Waals surface area contributed by atoms with Crippen LogP contribution in [-0.2, 0) is 9.53 Å². The molecule has 8 nitrogen and oxygen atoms in total. The number of fused-ring (bicyclic) bond motifs is 1. The first-order chi connectivity index (χ1) is 14.2. The molecule has 162 valence electrons. The number of hydrogen-bond acceptors (Lipinski definition) is 7. The predicted molar refractivity (Wildman–Crippen MR) is 102 cm³/mol. The number of thiophene rings is 1. The molecule has 2 aliphatic rings. The maximum atomic E-state index is 12.6. The second-order valence-electron chi connectivity index (χ2n) is 6.69. The van der Waals surface area contributed by atoms with E-state index < -0.39 is 12.1 Å². The van der Waals surface area contributed by atoms with Crippen LogP contribution in [0.4, 0.5) is 19.0 Å². The van der Waals surface area contributed by atoms with E-state index in [4.69, 9.17) is 14.6 Å². The molecule has 0 saturated carbocycles. The summed E-state index contributed by atoms with van der Waals surface area (Å²) in [4.78, 5) is 26.4. The lowest BCUT2D eigenvalue weighted by Gasteiger charge is -2.37. The number of aliphatic carboxylic acids is 1. The van der Waals surface area contributed by atoms with Crippen LogP contribution in [0.5, 0.6) is 0 Å². The van der Waals surface area contributed by atoms with Gasteiger partial charge in [-0.3, -0.25) is 4.79 Å². The number of hydrogen-bond donors (Lipinski definition) is 1. The van der Waals surface area contributed by atoms with Crippen LogP contribution in [0.2, 0.25) is 0 Å². The number of halogens is 3. The SMILES string of the molecule is Cc1ccc(N2CCO[C@H]3CN(C(=O)c4cccs4)C[C@H]32)nn1.O=C(O)C(F)(F)F. The summed E-state index contributed by atoms with van der Waals surface area (Å²) in [5.74, 6) is -1.81. The number of aryl methyl sites for hydroxylation is 1. The van der Waals surface area contributed by atoms with Crippen molar-refractivity contribution in [2.75, 3.05) is 31.1 Å². The van der Waals surface area contributed by atoms with E-state index in [0.717, 1.165) is 22.9 Å². The van der Waals surface area contributed by atoms with Crippen molar-refractivity contribution in [3.05, 3.63) is 40.2 Å². The summed E-state index contributed by atoms with van der Waals surface area (Å²) in [7, 11) is 0. The van der Waals surface area contributed by atoms with E-state index in [1.807, 2.05) is 41.5 Å². The molecule has 0 spiro atoms. The smallest absolute Gasteiger partial charge is 0.475 e. The maximum Gasteiger partial charge on any atom is 0.490 e. The number of rotatable bonds is 2. The Bertz CT molecular complexity index is 877. The highest BCUT2D eigenvalue weighted by atomic mass is 32.1. The molecule has 0 bridgehead atoms. The molecule has 0 aromatic carbocycles. The summed E-state index contributed by atoms with van der Waals surface area (Å²) >= 11 is 1.48. The van der Waals surface area contributed by atoms with Crippen LogP contribution in [0.15, 0.2) is 29.6 Å². The number of carboxylic acid groups (broad SMARTS) is 1. The Morgan fingerprint density at radius 1 is 1.23 bits per heavy atom. The molecule has 0 radical (unpaired) electrons. The second-order valence-corrected chi connectivity index (χ2v) is 7.64. The summed E-state index contributed by atoms with van der Waals surface area (Å²) in [6.45, 7) is 4.65. The Balaban J connectivity index is 0.000000318. The van der Waals surface area contributed by atoms with Crippen LogP contribution in [0, 0.1) is 6.92 Å². The minimum atomic E-state index is -5.08. The number of carboxylic acids is 1. The molecule has 4 heterocycles. The third-order valence-electron chi connectivity index (χ3n) is 4.64. The lowest BCUT2D eigenvalue weighted by molar-refractivity contribution is -0.192. The van der Waals surface area contributed by atoms with Crippen LogP contribution >= 0.6 is 11.3 Å². The Kier molecular flexibility index (Phi) is 6.56. The number of carbonyl (C=O) groups excluding carboxylic acids is 1. The van der Waals surface area contributed by atoms with Crippen molar-refractivity contribution in [2.24, 2.45) is 0 Å². The fraction of sp³-hybridized carbons (Fsp3) is 0.444. The van der Waals surface area contributed by atoms with Gasteiger partial charge >= 0.3 is 12.1 Å². The van der Waals surface area contributed by atoms with Crippen molar-refractivity contribution in [2.45, 2.75) is 25.2 Å². The molecule has 1 N–H and O–H groups in total. The molecular weight excluding hydrogens is 425 g/mol. The van der Waals surface area contributed by atoms with E-state index >= 15 is 0 Å². The Morgan fingerprint density at radius 3 is 2.53 bits per heavy atom. The topological polar surface area (TPSA) is 95.9 Å². The summed E-state index contributed by atoms with van der Waals surface area (Å²) in [5, 5.41) is 17.5. The number of morpholine rings is 1. The van der Waals surface area contributed by atoms with Crippen molar-refractivity contribution in [1.82, 2.24) is 15.1 Å². The molecule has 2 atom stereocenters. The monoisotopic (exact) mass is 444 g/mol. The summed E-state index contributed by atoms with van der Waals surface area (Å²) in [5.41, 5.74) is 0.902. The van der Waals surface area contributed by atoms with E-state index in [9.17, 15) is 18.0 Å². The van der Waals surface area contributed by atoms with Gasteiger partial charge in [0.2, 0.25) is 0 Å². The number of amides is 1. The van der Waals surface area contributed by atoms with Gasteiger partial charge < -0.3 is 19.6 Å². The fourth-order valence-electron chi connectivity index (χ4n) is 3.24. The molecule has 12 heteroatoms. The molecule has 2 aromatic heterocycles. The van der Waals surface area contributed by atoms with E-state index in [-0.39, 0.29) is 18.1 Å². The summed E-state index contributed by atoms with van der Waals surface area (Å²) in [6, 6.07) is 7.89. The number of nitrogens with zero attached hydrogens (tertiary/aromatic N) is 4. The standard InChI is InChI=1S/C16H18N4O2S.C2HF3O2/c1-11-4-5-15(18-17-11)20-6-7-22-13-10-19(9-12(13)20)16(21)14-3-2-8-23-14;3-2(4,5)1(6)7/h2-5,8,12-13H,6-7,9-10H2,1H3;(H,6,7)/t12-,13+;/m1./s1. The first-order valence-electron chi connectivity index (χ1n) is 8.98. The average Bonchev–Trinajstić information content (AvgIpc) is 3.37. The van der Waals surface area contributed by atoms with Crippen LogP contribution in [0.25, 0.3) is 0 Å². The summed E-state index contributed by atoms with van der Waals surface area (Å²) < 4.78 is 37.6. The van der Waals surface area contributed by atoms with Crippen LogP contribution in [0.3, 0.4) is 0 Å². The zero-order valence-electron chi connectivity index (χ0n) is 15.9. The van der Waals surface area contributed by atoms with Crippen LogP contribution in [0.1, 0.15) is 15.4 Å². The molecule has 1 amide bonds. The first kappa shape index (κ1) is 22.0. The highest BCUT2D eigenvalue weighted by Crippen LogP contribution is 2.28. The van der Waals surface area contributed by atoms with Crippen molar-refractivity contribution in [3.8, 4) is 0 Å². The minimum Gasteiger partial charge on any atom is -0.475 e. The van der Waals surface area contributed by atoms with Gasteiger partial charge in [0.05, 0.1) is 29.3 Å². The molecule has 2 fully saturated rings.